The Balaban J connectivity index is 0.000000249. The van der Waals surface area contributed by atoms with Crippen molar-refractivity contribution in [2.75, 3.05) is 19.8 Å². The average molecular weight is 236 g/mol. The minimum absolute atomic E-state index is 0.514. The first-order valence-electron chi connectivity index (χ1n) is 3.29. The van der Waals surface area contributed by atoms with Gasteiger partial charge < -0.3 is 4.55 Å². The summed E-state index contributed by atoms with van der Waals surface area (Å²) in [4.78, 5) is 10.1. The van der Waals surface area contributed by atoms with E-state index in [-0.39, 0.29) is 0 Å². The molecule has 0 aromatic heterocycles. The summed E-state index contributed by atoms with van der Waals surface area (Å²) in [5.74, 6) is 0. The summed E-state index contributed by atoms with van der Waals surface area (Å²) in [7, 11) is -6.09. The van der Waals surface area contributed by atoms with E-state index in [9.17, 15) is 18.1 Å². The standard InChI is InChI=1S/C3H7N2O.CHF3O3S/c6-5-2-1-4-3-5;2-1(3,4)8(5,6)7/h4H,1-3H2;(H,5,6,7)/q+1;/p-1. The van der Waals surface area contributed by atoms with E-state index >= 15 is 0 Å². The van der Waals surface area contributed by atoms with Crippen LogP contribution >= 0.6 is 0 Å². The topological polar surface area (TPSA) is 89.3 Å². The highest BCUT2D eigenvalue weighted by molar-refractivity contribution is 7.86. The van der Waals surface area contributed by atoms with E-state index in [2.05, 4.69) is 5.32 Å². The number of halogens is 3. The Labute approximate surface area is 77.4 Å². The van der Waals surface area contributed by atoms with E-state index in [1.807, 2.05) is 0 Å². The summed E-state index contributed by atoms with van der Waals surface area (Å²) >= 11 is 0. The Morgan fingerprint density at radius 3 is 1.86 bits per heavy atom. The molecule has 1 aliphatic rings. The van der Waals surface area contributed by atoms with Gasteiger partial charge in [-0.2, -0.15) is 13.2 Å². The van der Waals surface area contributed by atoms with Gasteiger partial charge in [0.05, 0.1) is 6.54 Å². The average Bonchev–Trinajstić information content (AvgIpc) is 2.35. The SMILES string of the molecule is O=S(=O)([O-])C(F)(F)F.O=[N+]1CCNC1. The zero-order chi connectivity index (χ0) is 11.4. The van der Waals surface area contributed by atoms with E-state index in [1.54, 1.807) is 0 Å². The molecule has 6 nitrogen and oxygen atoms in total. The Hall–Kier alpha value is -0.740. The Morgan fingerprint density at radius 2 is 1.79 bits per heavy atom. The van der Waals surface area contributed by atoms with Gasteiger partial charge >= 0.3 is 5.51 Å². The molecule has 1 N–H and O–H groups in total. The van der Waals surface area contributed by atoms with Crippen LogP contribution in [0, 0.1) is 4.91 Å². The van der Waals surface area contributed by atoms with Crippen LogP contribution in [0.1, 0.15) is 0 Å². The number of alkyl halides is 3. The molecule has 0 atom stereocenters. The molecule has 14 heavy (non-hydrogen) atoms. The highest BCUT2D eigenvalue weighted by Crippen LogP contribution is 2.20. The molecule has 1 saturated heterocycles. The molecule has 1 fully saturated rings. The fraction of sp³-hybridized carbons (Fsp3) is 1.00. The Morgan fingerprint density at radius 1 is 1.36 bits per heavy atom. The molecule has 1 heterocycles. The molecule has 0 aromatic rings. The van der Waals surface area contributed by atoms with Crippen LogP contribution in [-0.2, 0) is 10.1 Å². The van der Waals surface area contributed by atoms with Gasteiger partial charge in [0.2, 0.25) is 13.2 Å². The van der Waals surface area contributed by atoms with Crippen molar-refractivity contribution in [1.82, 2.24) is 5.32 Å². The normalized spacial score (nSPS) is 17.6. The van der Waals surface area contributed by atoms with Gasteiger partial charge in [0.25, 0.3) is 0 Å². The first-order valence-corrected chi connectivity index (χ1v) is 4.70. The third-order valence-electron chi connectivity index (χ3n) is 1.11. The van der Waals surface area contributed by atoms with Crippen LogP contribution in [-0.4, -0.2) is 43.0 Å². The summed E-state index contributed by atoms with van der Waals surface area (Å²) in [6.07, 6.45) is 0. The lowest BCUT2D eigenvalue weighted by atomic mass is 10.7. The monoisotopic (exact) mass is 236 g/mol. The van der Waals surface area contributed by atoms with Gasteiger partial charge in [-0.05, 0) is 0 Å². The predicted molar refractivity (Wildman–Crippen MR) is 37.1 cm³/mol. The summed E-state index contributed by atoms with van der Waals surface area (Å²) in [5.41, 5.74) is -5.65. The van der Waals surface area contributed by atoms with Crippen molar-refractivity contribution in [3.05, 3.63) is 4.91 Å². The lowest BCUT2D eigenvalue weighted by molar-refractivity contribution is -0.528. The van der Waals surface area contributed by atoms with Gasteiger partial charge in [0.1, 0.15) is 0 Å². The van der Waals surface area contributed by atoms with Crippen LogP contribution in [0.2, 0.25) is 0 Å². The largest absolute Gasteiger partial charge is 0.741 e. The van der Waals surface area contributed by atoms with Crippen molar-refractivity contribution in [2.45, 2.75) is 5.51 Å². The molecule has 0 saturated carbocycles. The molecule has 0 aromatic carbocycles. The maximum absolute atomic E-state index is 10.7. The molecule has 0 spiro atoms. The van der Waals surface area contributed by atoms with Gasteiger partial charge in [-0.3, -0.25) is 5.32 Å². The van der Waals surface area contributed by atoms with Crippen molar-refractivity contribution >= 4 is 10.1 Å². The second-order valence-corrected chi connectivity index (χ2v) is 3.63. The molecule has 0 radical (unpaired) electrons. The van der Waals surface area contributed by atoms with E-state index in [4.69, 9.17) is 13.0 Å². The van der Waals surface area contributed by atoms with E-state index < -0.39 is 15.6 Å². The molecule has 1 aliphatic heterocycles. The number of rotatable bonds is 0. The van der Waals surface area contributed by atoms with E-state index in [0.29, 0.717) is 13.2 Å². The number of hydrogen-bond donors (Lipinski definition) is 1. The van der Waals surface area contributed by atoms with Crippen LogP contribution < -0.4 is 5.32 Å². The molecule has 0 amide bonds. The van der Waals surface area contributed by atoms with Gasteiger partial charge in [-0.15, -0.1) is 0 Å². The zero-order valence-corrected chi connectivity index (χ0v) is 7.56. The molecule has 0 aliphatic carbocycles. The van der Waals surface area contributed by atoms with Crippen molar-refractivity contribution in [3.63, 3.8) is 0 Å². The number of nitrogens with zero attached hydrogens (tertiary/aromatic N) is 1. The molecule has 1 rings (SSSR count). The van der Waals surface area contributed by atoms with Crippen LogP contribution in [0.5, 0.6) is 0 Å². The van der Waals surface area contributed by atoms with Gasteiger partial charge in [-0.1, -0.05) is 0 Å². The fourth-order valence-corrected chi connectivity index (χ4v) is 0.487. The molecular weight excluding hydrogens is 229 g/mol. The minimum atomic E-state index is -6.09. The fourth-order valence-electron chi connectivity index (χ4n) is 0.487. The van der Waals surface area contributed by atoms with E-state index in [0.717, 1.165) is 11.3 Å². The van der Waals surface area contributed by atoms with Crippen molar-refractivity contribution in [1.29, 1.82) is 0 Å². The minimum Gasteiger partial charge on any atom is -0.741 e. The summed E-state index contributed by atoms with van der Waals surface area (Å²) in [6.45, 7) is 2.02. The second-order valence-electron chi connectivity index (χ2n) is 2.26. The highest BCUT2D eigenvalue weighted by atomic mass is 32.2. The number of hydrogen-bond acceptors (Lipinski definition) is 5. The Bertz CT molecular complexity index is 290. The second kappa shape index (κ2) is 4.66. The lowest BCUT2D eigenvalue weighted by Gasteiger charge is -2.08. The number of nitroso groups, excluding NO2 is 1. The maximum atomic E-state index is 10.7. The first kappa shape index (κ1) is 13.3. The van der Waals surface area contributed by atoms with Crippen LogP contribution in [0.3, 0.4) is 0 Å². The predicted octanol–water partition coefficient (Wildman–Crippen LogP) is -0.623. The van der Waals surface area contributed by atoms with Crippen molar-refractivity contribution < 1.29 is 30.9 Å². The molecular formula is C4H7F3N2O4S. The third-order valence-corrected chi connectivity index (χ3v) is 1.68. The lowest BCUT2D eigenvalue weighted by Crippen LogP contribution is -2.21. The first-order chi connectivity index (χ1) is 6.14. The van der Waals surface area contributed by atoms with Crippen molar-refractivity contribution in [2.24, 2.45) is 0 Å². The molecule has 10 heteroatoms. The maximum Gasteiger partial charge on any atom is 0.485 e. The zero-order valence-electron chi connectivity index (χ0n) is 6.74. The van der Waals surface area contributed by atoms with E-state index in [1.165, 1.54) is 0 Å². The highest BCUT2D eigenvalue weighted by Gasteiger charge is 2.36. The van der Waals surface area contributed by atoms with Crippen LogP contribution in [0.25, 0.3) is 0 Å². The number of nitrogens with one attached hydrogen (secondary N) is 1. The van der Waals surface area contributed by atoms with Crippen molar-refractivity contribution in [3.8, 4) is 0 Å². The van der Waals surface area contributed by atoms with Crippen LogP contribution in [0.4, 0.5) is 13.2 Å². The smallest absolute Gasteiger partial charge is 0.485 e. The quantitative estimate of drug-likeness (QED) is 0.344. The Kier molecular flexibility index (Phi) is 4.42. The third kappa shape index (κ3) is 5.09. The van der Waals surface area contributed by atoms with Crippen LogP contribution in [0.15, 0.2) is 0 Å². The summed E-state index contributed by atoms with van der Waals surface area (Å²) in [6, 6.07) is 0. The molecule has 84 valence electrons. The summed E-state index contributed by atoms with van der Waals surface area (Å²) in [5, 5.41) is 2.89. The molecule has 0 unspecified atom stereocenters. The van der Waals surface area contributed by atoms with Gasteiger partial charge in [0.15, 0.2) is 10.1 Å². The molecule has 0 bridgehead atoms. The van der Waals surface area contributed by atoms with Gasteiger partial charge in [0, 0.05) is 9.67 Å². The van der Waals surface area contributed by atoms with Gasteiger partial charge in [-0.25, -0.2) is 8.42 Å². The summed E-state index contributed by atoms with van der Waals surface area (Å²) < 4.78 is 59.9.